The van der Waals surface area contributed by atoms with E-state index >= 15 is 0 Å². The van der Waals surface area contributed by atoms with E-state index in [0.717, 1.165) is 17.4 Å². The molecule has 6 heteroatoms. The summed E-state index contributed by atoms with van der Waals surface area (Å²) in [6, 6.07) is 10.5. The zero-order valence-electron chi connectivity index (χ0n) is 12.2. The molecule has 0 bridgehead atoms. The molecule has 0 saturated heterocycles. The highest BCUT2D eigenvalue weighted by Gasteiger charge is 2.43. The van der Waals surface area contributed by atoms with Gasteiger partial charge in [0.2, 0.25) is 5.91 Å². The second-order valence-corrected chi connectivity index (χ2v) is 6.30. The summed E-state index contributed by atoms with van der Waals surface area (Å²) in [5.74, 6) is 1.72. The number of rotatable bonds is 7. The topological polar surface area (TPSA) is 73.8 Å². The number of hydrogen-bond acceptors (Lipinski definition) is 4. The number of amides is 1. The molecule has 1 fully saturated rings. The van der Waals surface area contributed by atoms with Gasteiger partial charge in [0.05, 0.1) is 5.75 Å². The van der Waals surface area contributed by atoms with Crippen molar-refractivity contribution in [3.05, 3.63) is 54.4 Å². The number of allylic oxidation sites excluding steroid dienone is 1. The summed E-state index contributed by atoms with van der Waals surface area (Å²) in [7, 11) is 0. The first kappa shape index (κ1) is 14.8. The minimum Gasteiger partial charge on any atom is -0.369 e. The lowest BCUT2D eigenvalue weighted by atomic mass is 10.1. The van der Waals surface area contributed by atoms with Crippen molar-refractivity contribution in [2.45, 2.75) is 30.0 Å². The lowest BCUT2D eigenvalue weighted by Crippen LogP contribution is -2.14. The Morgan fingerprint density at radius 1 is 1.36 bits per heavy atom. The smallest absolute Gasteiger partial charge is 0.227 e. The van der Waals surface area contributed by atoms with Crippen molar-refractivity contribution >= 4 is 17.7 Å². The molecular formula is C16H18N4OS. The molecule has 1 aliphatic rings. The van der Waals surface area contributed by atoms with Crippen molar-refractivity contribution in [1.82, 2.24) is 14.8 Å². The van der Waals surface area contributed by atoms with Gasteiger partial charge in [-0.25, -0.2) is 0 Å². The van der Waals surface area contributed by atoms with Crippen LogP contribution in [-0.2, 0) is 11.3 Å². The van der Waals surface area contributed by atoms with Gasteiger partial charge in [0.1, 0.15) is 5.82 Å². The predicted octanol–water partition coefficient (Wildman–Crippen LogP) is 2.31. The molecule has 1 amide bonds. The third-order valence-electron chi connectivity index (χ3n) is 3.75. The number of hydrogen-bond donors (Lipinski definition) is 1. The summed E-state index contributed by atoms with van der Waals surface area (Å²) in [6.45, 7) is 4.43. The number of nitrogens with two attached hydrogens (primary N) is 1. The largest absolute Gasteiger partial charge is 0.369 e. The van der Waals surface area contributed by atoms with Crippen LogP contribution in [-0.4, -0.2) is 26.4 Å². The molecule has 2 atom stereocenters. The van der Waals surface area contributed by atoms with Crippen LogP contribution in [0.5, 0.6) is 0 Å². The van der Waals surface area contributed by atoms with E-state index in [2.05, 4.69) is 41.0 Å². The zero-order chi connectivity index (χ0) is 15.5. The molecule has 1 heterocycles. The van der Waals surface area contributed by atoms with E-state index in [0.29, 0.717) is 18.4 Å². The van der Waals surface area contributed by atoms with Crippen LogP contribution < -0.4 is 5.73 Å². The van der Waals surface area contributed by atoms with Gasteiger partial charge in [-0.2, -0.15) is 0 Å². The van der Waals surface area contributed by atoms with Gasteiger partial charge in [-0.3, -0.25) is 4.79 Å². The van der Waals surface area contributed by atoms with Gasteiger partial charge in [0.25, 0.3) is 0 Å². The summed E-state index contributed by atoms with van der Waals surface area (Å²) >= 11 is 1.33. The molecule has 1 aromatic carbocycles. The van der Waals surface area contributed by atoms with Crippen molar-refractivity contribution in [3.8, 4) is 0 Å². The molecule has 114 valence electrons. The first-order chi connectivity index (χ1) is 10.7. The Bertz CT molecular complexity index is 683. The molecule has 22 heavy (non-hydrogen) atoms. The fourth-order valence-corrected chi connectivity index (χ4v) is 3.36. The second kappa shape index (κ2) is 6.36. The van der Waals surface area contributed by atoms with E-state index in [-0.39, 0.29) is 11.7 Å². The van der Waals surface area contributed by atoms with Gasteiger partial charge in [0, 0.05) is 12.5 Å². The van der Waals surface area contributed by atoms with Gasteiger partial charge >= 0.3 is 0 Å². The molecule has 2 unspecified atom stereocenters. The average molecular weight is 314 g/mol. The zero-order valence-corrected chi connectivity index (χ0v) is 13.0. The van der Waals surface area contributed by atoms with E-state index in [1.807, 2.05) is 16.7 Å². The van der Waals surface area contributed by atoms with E-state index in [4.69, 9.17) is 5.73 Å². The minimum absolute atomic E-state index is 0.210. The first-order valence-corrected chi connectivity index (χ1v) is 8.19. The van der Waals surface area contributed by atoms with Crippen molar-refractivity contribution < 1.29 is 4.79 Å². The number of aromatic nitrogens is 3. The molecule has 1 aromatic heterocycles. The van der Waals surface area contributed by atoms with Crippen molar-refractivity contribution in [1.29, 1.82) is 0 Å². The number of nitrogens with zero attached hydrogens (tertiary/aromatic N) is 3. The Morgan fingerprint density at radius 3 is 2.82 bits per heavy atom. The Hall–Kier alpha value is -2.08. The molecule has 0 spiro atoms. The molecule has 2 N–H and O–H groups in total. The average Bonchev–Trinajstić information content (AvgIpc) is 3.22. The van der Waals surface area contributed by atoms with E-state index in [1.165, 1.54) is 17.3 Å². The van der Waals surface area contributed by atoms with Gasteiger partial charge in [-0.15, -0.1) is 16.8 Å². The van der Waals surface area contributed by atoms with Crippen molar-refractivity contribution in [2.24, 2.45) is 5.73 Å². The number of benzene rings is 1. The Kier molecular flexibility index (Phi) is 4.29. The highest BCUT2D eigenvalue weighted by atomic mass is 32.2. The Labute approximate surface area is 133 Å². The van der Waals surface area contributed by atoms with Crippen LogP contribution in [0.2, 0.25) is 0 Å². The number of carbonyl (C=O) groups is 1. The summed E-state index contributed by atoms with van der Waals surface area (Å²) in [5, 5.41) is 9.29. The molecule has 3 rings (SSSR count). The monoisotopic (exact) mass is 314 g/mol. The standard InChI is InChI=1S/C16H18N4OS/c1-2-8-20-15(18-19-16(20)22-10-14(17)21)13-9-12(13)11-6-4-3-5-7-11/h2-7,12-13H,1,8-10H2,(H2,17,21). The van der Waals surface area contributed by atoms with Crippen molar-refractivity contribution in [2.75, 3.05) is 5.75 Å². The van der Waals surface area contributed by atoms with Gasteiger partial charge < -0.3 is 10.3 Å². The van der Waals surface area contributed by atoms with Crippen molar-refractivity contribution in [3.63, 3.8) is 0 Å². The fourth-order valence-electron chi connectivity index (χ4n) is 2.67. The van der Waals surface area contributed by atoms with Crippen LogP contribution >= 0.6 is 11.8 Å². The van der Waals surface area contributed by atoms with Crippen LogP contribution in [0.1, 0.15) is 29.6 Å². The second-order valence-electron chi connectivity index (χ2n) is 5.35. The molecular weight excluding hydrogens is 296 g/mol. The van der Waals surface area contributed by atoms with Gasteiger partial charge in [-0.05, 0) is 17.9 Å². The quantitative estimate of drug-likeness (QED) is 0.628. The maximum Gasteiger partial charge on any atom is 0.227 e. The predicted molar refractivity (Wildman–Crippen MR) is 86.7 cm³/mol. The third kappa shape index (κ3) is 3.06. The summed E-state index contributed by atoms with van der Waals surface area (Å²) < 4.78 is 2.04. The Morgan fingerprint density at radius 2 is 2.14 bits per heavy atom. The van der Waals surface area contributed by atoms with Gasteiger partial charge in [-0.1, -0.05) is 48.2 Å². The summed E-state index contributed by atoms with van der Waals surface area (Å²) in [4.78, 5) is 11.0. The normalized spacial score (nSPS) is 19.8. The molecule has 1 aliphatic carbocycles. The molecule has 0 radical (unpaired) electrons. The van der Waals surface area contributed by atoms with E-state index < -0.39 is 0 Å². The number of carbonyl (C=O) groups excluding carboxylic acids is 1. The molecule has 0 aliphatic heterocycles. The van der Waals surface area contributed by atoms with Crippen LogP contribution in [0.3, 0.4) is 0 Å². The summed E-state index contributed by atoms with van der Waals surface area (Å²) in [6.07, 6.45) is 2.90. The lowest BCUT2D eigenvalue weighted by Gasteiger charge is -2.07. The van der Waals surface area contributed by atoms with Gasteiger partial charge in [0.15, 0.2) is 5.16 Å². The molecule has 2 aromatic rings. The van der Waals surface area contributed by atoms with E-state index in [9.17, 15) is 4.79 Å². The van der Waals surface area contributed by atoms with Crippen LogP contribution in [0.4, 0.5) is 0 Å². The fraction of sp³-hybridized carbons (Fsp3) is 0.312. The van der Waals surface area contributed by atoms with Crippen LogP contribution in [0.15, 0.2) is 48.1 Å². The minimum atomic E-state index is -0.353. The highest BCUT2D eigenvalue weighted by Crippen LogP contribution is 2.54. The SMILES string of the molecule is C=CCn1c(SCC(N)=O)nnc1C1CC1c1ccccc1. The van der Waals surface area contributed by atoms with Crippen LogP contribution in [0, 0.1) is 0 Å². The highest BCUT2D eigenvalue weighted by molar-refractivity contribution is 7.99. The Balaban J connectivity index is 1.79. The maximum atomic E-state index is 11.0. The molecule has 1 saturated carbocycles. The van der Waals surface area contributed by atoms with Crippen LogP contribution in [0.25, 0.3) is 0 Å². The first-order valence-electron chi connectivity index (χ1n) is 7.20. The summed E-state index contributed by atoms with van der Waals surface area (Å²) in [5.41, 5.74) is 6.54. The number of primary amides is 1. The molecule has 5 nitrogen and oxygen atoms in total. The van der Waals surface area contributed by atoms with E-state index in [1.54, 1.807) is 0 Å². The number of thioether (sulfide) groups is 1. The maximum absolute atomic E-state index is 11.0. The third-order valence-corrected chi connectivity index (χ3v) is 4.74. The lowest BCUT2D eigenvalue weighted by molar-refractivity contribution is -0.115.